The summed E-state index contributed by atoms with van der Waals surface area (Å²) in [6, 6.07) is 3.92. The van der Waals surface area contributed by atoms with Crippen LogP contribution in [0, 0.1) is 18.6 Å². The third kappa shape index (κ3) is 3.85. The monoisotopic (exact) mass is 406 g/mol. The number of aromatic nitrogens is 2. The molecule has 3 rings (SSSR count). The molecule has 2 aromatic rings. The molecule has 0 unspecified atom stereocenters. The molecule has 0 aliphatic carbocycles. The predicted octanol–water partition coefficient (Wildman–Crippen LogP) is 2.37. The first-order valence-corrected chi connectivity index (χ1v) is 9.63. The van der Waals surface area contributed by atoms with Crippen molar-refractivity contribution in [2.75, 3.05) is 26.2 Å². The van der Waals surface area contributed by atoms with Gasteiger partial charge in [0.15, 0.2) is 11.6 Å². The SMILES string of the molecule is Cc1c(S(=O)(=O)N2CCN(Cc3cccc(F)c3F)CC2)cnn1C(F)F. The highest BCUT2D eigenvalue weighted by Crippen LogP contribution is 2.24. The molecule has 11 heteroatoms. The number of hydrogen-bond acceptors (Lipinski definition) is 4. The van der Waals surface area contributed by atoms with E-state index in [2.05, 4.69) is 5.10 Å². The van der Waals surface area contributed by atoms with Gasteiger partial charge in [-0.05, 0) is 13.0 Å². The molecule has 1 aromatic carbocycles. The van der Waals surface area contributed by atoms with Crippen LogP contribution in [0.5, 0.6) is 0 Å². The van der Waals surface area contributed by atoms with Gasteiger partial charge < -0.3 is 0 Å². The van der Waals surface area contributed by atoms with Gasteiger partial charge in [0.1, 0.15) is 4.90 Å². The van der Waals surface area contributed by atoms with Crippen LogP contribution in [-0.4, -0.2) is 53.6 Å². The summed E-state index contributed by atoms with van der Waals surface area (Å²) in [5, 5.41) is 3.44. The Balaban J connectivity index is 1.69. The van der Waals surface area contributed by atoms with Gasteiger partial charge in [-0.25, -0.2) is 21.9 Å². The zero-order valence-corrected chi connectivity index (χ0v) is 15.3. The van der Waals surface area contributed by atoms with E-state index in [1.165, 1.54) is 23.4 Å². The molecule has 0 saturated carbocycles. The van der Waals surface area contributed by atoms with Crippen molar-refractivity contribution in [2.24, 2.45) is 0 Å². The Bertz CT molecular complexity index is 924. The van der Waals surface area contributed by atoms with Gasteiger partial charge in [0.05, 0.1) is 11.9 Å². The minimum absolute atomic E-state index is 0.110. The molecule has 1 fully saturated rings. The minimum atomic E-state index is -3.96. The van der Waals surface area contributed by atoms with Gasteiger partial charge in [0, 0.05) is 38.3 Å². The van der Waals surface area contributed by atoms with Gasteiger partial charge >= 0.3 is 6.55 Å². The Hall–Kier alpha value is -1.98. The van der Waals surface area contributed by atoms with Crippen molar-refractivity contribution in [3.8, 4) is 0 Å². The van der Waals surface area contributed by atoms with Crippen LogP contribution in [-0.2, 0) is 16.6 Å². The van der Waals surface area contributed by atoms with E-state index in [1.807, 2.05) is 0 Å². The summed E-state index contributed by atoms with van der Waals surface area (Å²) < 4.78 is 79.7. The van der Waals surface area contributed by atoms with Crippen molar-refractivity contribution in [1.82, 2.24) is 19.0 Å². The first-order chi connectivity index (χ1) is 12.7. The van der Waals surface area contributed by atoms with Crippen LogP contribution in [0.25, 0.3) is 0 Å². The van der Waals surface area contributed by atoms with E-state index < -0.39 is 28.2 Å². The number of piperazine rings is 1. The summed E-state index contributed by atoms with van der Waals surface area (Å²) in [5.41, 5.74) is 0.0645. The lowest BCUT2D eigenvalue weighted by atomic mass is 10.2. The smallest absolute Gasteiger partial charge is 0.296 e. The average Bonchev–Trinajstić information content (AvgIpc) is 3.02. The Labute approximate surface area is 154 Å². The van der Waals surface area contributed by atoms with Crippen molar-refractivity contribution in [1.29, 1.82) is 0 Å². The highest BCUT2D eigenvalue weighted by molar-refractivity contribution is 7.89. The van der Waals surface area contributed by atoms with Gasteiger partial charge in [-0.3, -0.25) is 4.90 Å². The number of nitrogens with zero attached hydrogens (tertiary/aromatic N) is 4. The molecule has 1 saturated heterocycles. The molecule has 1 aliphatic rings. The first-order valence-electron chi connectivity index (χ1n) is 8.19. The first kappa shape index (κ1) is 19.8. The van der Waals surface area contributed by atoms with E-state index in [4.69, 9.17) is 0 Å². The molecule has 0 N–H and O–H groups in total. The second-order valence-electron chi connectivity index (χ2n) is 6.21. The molecule has 6 nitrogen and oxygen atoms in total. The van der Waals surface area contributed by atoms with E-state index >= 15 is 0 Å². The van der Waals surface area contributed by atoms with Gasteiger partial charge in [0.2, 0.25) is 10.0 Å². The molecule has 148 valence electrons. The maximum Gasteiger partial charge on any atom is 0.333 e. The van der Waals surface area contributed by atoms with Crippen molar-refractivity contribution >= 4 is 10.0 Å². The second-order valence-corrected chi connectivity index (χ2v) is 8.12. The van der Waals surface area contributed by atoms with Crippen LogP contribution in [0.2, 0.25) is 0 Å². The molecule has 0 atom stereocenters. The summed E-state index contributed by atoms with van der Waals surface area (Å²) in [6.45, 7) is -0.674. The number of benzene rings is 1. The van der Waals surface area contributed by atoms with E-state index in [9.17, 15) is 26.0 Å². The normalized spacial score (nSPS) is 17.0. The van der Waals surface area contributed by atoms with E-state index in [0.717, 1.165) is 12.3 Å². The minimum Gasteiger partial charge on any atom is -0.296 e. The standard InChI is InChI=1S/C16H18F4N4O2S/c1-11-14(9-21-24(11)16(19)20)27(25,26)23-7-5-22(6-8-23)10-12-3-2-4-13(17)15(12)18/h2-4,9,16H,5-8,10H2,1H3. The highest BCUT2D eigenvalue weighted by atomic mass is 32.2. The zero-order valence-electron chi connectivity index (χ0n) is 14.4. The van der Waals surface area contributed by atoms with Crippen LogP contribution in [0.15, 0.2) is 29.3 Å². The number of rotatable bonds is 5. The predicted molar refractivity (Wildman–Crippen MR) is 88.6 cm³/mol. The van der Waals surface area contributed by atoms with Crippen LogP contribution in [0.3, 0.4) is 0 Å². The molecule has 0 radical (unpaired) electrons. The lowest BCUT2D eigenvalue weighted by Gasteiger charge is -2.33. The molecule has 2 heterocycles. The quantitative estimate of drug-likeness (QED) is 0.716. The zero-order chi connectivity index (χ0) is 19.8. The van der Waals surface area contributed by atoms with Crippen LogP contribution >= 0.6 is 0 Å². The van der Waals surface area contributed by atoms with E-state index in [0.29, 0.717) is 17.8 Å². The maximum absolute atomic E-state index is 13.8. The molecule has 1 aliphatic heterocycles. The summed E-state index contributed by atoms with van der Waals surface area (Å²) in [6.07, 6.45) is 0.922. The summed E-state index contributed by atoms with van der Waals surface area (Å²) in [4.78, 5) is 1.55. The second kappa shape index (κ2) is 7.56. The molecule has 1 aromatic heterocycles. The number of sulfonamides is 1. The lowest BCUT2D eigenvalue weighted by Crippen LogP contribution is -2.48. The largest absolute Gasteiger partial charge is 0.333 e. The Kier molecular flexibility index (Phi) is 5.54. The highest BCUT2D eigenvalue weighted by Gasteiger charge is 2.32. The van der Waals surface area contributed by atoms with Gasteiger partial charge in [-0.2, -0.15) is 18.2 Å². The van der Waals surface area contributed by atoms with Crippen LogP contribution in [0.4, 0.5) is 17.6 Å². The van der Waals surface area contributed by atoms with Crippen molar-refractivity contribution in [2.45, 2.75) is 24.9 Å². The number of hydrogen-bond donors (Lipinski definition) is 0. The molecular formula is C16H18F4N4O2S. The van der Waals surface area contributed by atoms with Crippen molar-refractivity contribution < 1.29 is 26.0 Å². The average molecular weight is 406 g/mol. The van der Waals surface area contributed by atoms with Crippen LogP contribution < -0.4 is 0 Å². The van der Waals surface area contributed by atoms with E-state index in [-0.39, 0.29) is 35.8 Å². The van der Waals surface area contributed by atoms with E-state index in [1.54, 1.807) is 4.90 Å². The molecular weight excluding hydrogens is 388 g/mol. The Morgan fingerprint density at radius 3 is 2.41 bits per heavy atom. The van der Waals surface area contributed by atoms with Gasteiger partial charge in [-0.15, -0.1) is 0 Å². The molecule has 0 bridgehead atoms. The van der Waals surface area contributed by atoms with Gasteiger partial charge in [0.25, 0.3) is 0 Å². The third-order valence-corrected chi connectivity index (χ3v) is 6.56. The Morgan fingerprint density at radius 2 is 1.81 bits per heavy atom. The summed E-state index contributed by atoms with van der Waals surface area (Å²) >= 11 is 0. The number of halogens is 4. The van der Waals surface area contributed by atoms with Gasteiger partial charge in [-0.1, -0.05) is 12.1 Å². The fraction of sp³-hybridized carbons (Fsp3) is 0.438. The van der Waals surface area contributed by atoms with Crippen LogP contribution in [0.1, 0.15) is 17.8 Å². The molecule has 27 heavy (non-hydrogen) atoms. The topological polar surface area (TPSA) is 58.4 Å². The fourth-order valence-corrected chi connectivity index (χ4v) is 4.61. The van der Waals surface area contributed by atoms with Crippen molar-refractivity contribution in [3.63, 3.8) is 0 Å². The lowest BCUT2D eigenvalue weighted by molar-refractivity contribution is 0.0541. The number of alkyl halides is 2. The third-order valence-electron chi connectivity index (χ3n) is 4.56. The summed E-state index contributed by atoms with van der Waals surface area (Å²) in [5.74, 6) is -1.84. The maximum atomic E-state index is 13.8. The molecule has 0 spiro atoms. The summed E-state index contributed by atoms with van der Waals surface area (Å²) in [7, 11) is -3.96. The Morgan fingerprint density at radius 1 is 1.15 bits per heavy atom. The fourth-order valence-electron chi connectivity index (χ4n) is 3.04. The van der Waals surface area contributed by atoms with Crippen molar-refractivity contribution in [3.05, 3.63) is 47.3 Å². The molecule has 0 amide bonds.